The van der Waals surface area contributed by atoms with Gasteiger partial charge in [0.2, 0.25) is 11.8 Å². The number of rotatable bonds is 13. The molecule has 0 heterocycles. The number of carbonyl (C=O) groups is 2. The summed E-state index contributed by atoms with van der Waals surface area (Å²) >= 11 is 12.5. The van der Waals surface area contributed by atoms with Crippen molar-refractivity contribution in [1.82, 2.24) is 10.2 Å². The van der Waals surface area contributed by atoms with E-state index in [1.165, 1.54) is 48.4 Å². The number of sulfonamides is 1. The van der Waals surface area contributed by atoms with Crippen LogP contribution in [0, 0.1) is 0 Å². The quantitative estimate of drug-likeness (QED) is 0.256. The van der Waals surface area contributed by atoms with E-state index < -0.39 is 28.5 Å². The third-order valence-corrected chi connectivity index (χ3v) is 9.14. The van der Waals surface area contributed by atoms with E-state index >= 15 is 0 Å². The summed E-state index contributed by atoms with van der Waals surface area (Å²) in [6, 6.07) is 18.1. The summed E-state index contributed by atoms with van der Waals surface area (Å²) in [5.41, 5.74) is 0.877. The second kappa shape index (κ2) is 14.6. The number of carbonyl (C=O) groups excluding carboxylic acids is 2. The van der Waals surface area contributed by atoms with Gasteiger partial charge in [-0.3, -0.25) is 13.9 Å². The third-order valence-electron chi connectivity index (χ3n) is 6.73. The maximum absolute atomic E-state index is 14.1. The minimum absolute atomic E-state index is 0.0159. The van der Waals surface area contributed by atoms with Gasteiger partial charge in [0.15, 0.2) is 0 Å². The molecule has 0 aliphatic rings. The van der Waals surface area contributed by atoms with E-state index in [0.29, 0.717) is 34.2 Å². The fraction of sp³-hybridized carbons (Fsp3) is 0.333. The zero-order valence-electron chi connectivity index (χ0n) is 23.5. The van der Waals surface area contributed by atoms with Crippen LogP contribution in [-0.4, -0.2) is 50.9 Å². The third kappa shape index (κ3) is 8.15. The van der Waals surface area contributed by atoms with Crippen molar-refractivity contribution in [3.05, 3.63) is 88.4 Å². The Morgan fingerprint density at radius 3 is 2.12 bits per heavy atom. The highest BCUT2D eigenvalue weighted by molar-refractivity contribution is 7.92. The van der Waals surface area contributed by atoms with Crippen LogP contribution in [0.25, 0.3) is 0 Å². The van der Waals surface area contributed by atoms with Crippen molar-refractivity contribution < 1.29 is 22.7 Å². The van der Waals surface area contributed by atoms with Crippen LogP contribution in [0.5, 0.6) is 5.75 Å². The average molecular weight is 621 g/mol. The van der Waals surface area contributed by atoms with Gasteiger partial charge in [-0.05, 0) is 79.9 Å². The molecule has 0 radical (unpaired) electrons. The molecule has 2 unspecified atom stereocenters. The first-order valence-electron chi connectivity index (χ1n) is 13.3. The monoisotopic (exact) mass is 619 g/mol. The molecule has 11 heteroatoms. The van der Waals surface area contributed by atoms with Crippen molar-refractivity contribution in [3.8, 4) is 5.75 Å². The van der Waals surface area contributed by atoms with Gasteiger partial charge in [-0.25, -0.2) is 8.42 Å². The summed E-state index contributed by atoms with van der Waals surface area (Å²) in [5, 5.41) is 3.80. The number of methoxy groups -OCH3 is 1. The van der Waals surface area contributed by atoms with Gasteiger partial charge in [0, 0.05) is 22.6 Å². The van der Waals surface area contributed by atoms with Crippen LogP contribution >= 0.6 is 23.2 Å². The molecular weight excluding hydrogens is 585 g/mol. The van der Waals surface area contributed by atoms with Gasteiger partial charge in [0.25, 0.3) is 10.0 Å². The molecule has 1 N–H and O–H groups in total. The van der Waals surface area contributed by atoms with E-state index in [4.69, 9.17) is 27.9 Å². The molecule has 0 saturated carbocycles. The molecule has 41 heavy (non-hydrogen) atoms. The number of amides is 2. The molecule has 0 spiro atoms. The van der Waals surface area contributed by atoms with Gasteiger partial charge < -0.3 is 15.0 Å². The van der Waals surface area contributed by atoms with Gasteiger partial charge in [-0.15, -0.1) is 0 Å². The lowest BCUT2D eigenvalue weighted by Gasteiger charge is -2.34. The van der Waals surface area contributed by atoms with Crippen molar-refractivity contribution in [3.63, 3.8) is 0 Å². The SMILES string of the molecule is CCC(C)NC(=O)C(CC)N(Cc1ccccc1Cl)C(=O)CN(c1ccc(Cl)cc1)S(=O)(=O)c1ccc(OC)cc1. The lowest BCUT2D eigenvalue weighted by molar-refractivity contribution is -0.140. The van der Waals surface area contributed by atoms with Gasteiger partial charge in [0.1, 0.15) is 18.3 Å². The summed E-state index contributed by atoms with van der Waals surface area (Å²) in [6.45, 7) is 5.09. The van der Waals surface area contributed by atoms with Gasteiger partial charge in [-0.1, -0.05) is 55.2 Å². The van der Waals surface area contributed by atoms with Crippen LogP contribution < -0.4 is 14.4 Å². The van der Waals surface area contributed by atoms with E-state index in [1.807, 2.05) is 13.8 Å². The fourth-order valence-corrected chi connectivity index (χ4v) is 5.92. The summed E-state index contributed by atoms with van der Waals surface area (Å²) in [6.07, 6.45) is 1.02. The zero-order chi connectivity index (χ0) is 30.2. The lowest BCUT2D eigenvalue weighted by Crippen LogP contribution is -2.53. The zero-order valence-corrected chi connectivity index (χ0v) is 25.8. The van der Waals surface area contributed by atoms with E-state index in [9.17, 15) is 18.0 Å². The van der Waals surface area contributed by atoms with Crippen molar-refractivity contribution in [1.29, 1.82) is 0 Å². The Morgan fingerprint density at radius 2 is 1.56 bits per heavy atom. The Morgan fingerprint density at radius 1 is 0.927 bits per heavy atom. The molecule has 0 aliphatic carbocycles. The maximum atomic E-state index is 14.1. The van der Waals surface area contributed by atoms with Crippen LogP contribution in [0.2, 0.25) is 10.0 Å². The summed E-state index contributed by atoms with van der Waals surface area (Å²) in [4.78, 5) is 28.8. The highest BCUT2D eigenvalue weighted by Crippen LogP contribution is 2.28. The van der Waals surface area contributed by atoms with Crippen LogP contribution in [0.15, 0.2) is 77.7 Å². The largest absolute Gasteiger partial charge is 0.497 e. The molecule has 2 amide bonds. The highest BCUT2D eigenvalue weighted by atomic mass is 35.5. The second-order valence-corrected chi connectivity index (χ2v) is 12.2. The molecule has 0 saturated heterocycles. The molecule has 220 valence electrons. The maximum Gasteiger partial charge on any atom is 0.264 e. The normalized spacial score (nSPS) is 12.7. The molecule has 3 rings (SSSR count). The topological polar surface area (TPSA) is 96.0 Å². The summed E-state index contributed by atoms with van der Waals surface area (Å²) in [5.74, 6) is -0.400. The first-order chi connectivity index (χ1) is 19.5. The van der Waals surface area contributed by atoms with E-state index in [-0.39, 0.29) is 29.1 Å². The number of halogens is 2. The minimum atomic E-state index is -4.22. The number of ether oxygens (including phenoxy) is 1. The molecule has 8 nitrogen and oxygen atoms in total. The minimum Gasteiger partial charge on any atom is -0.497 e. The molecule has 0 aromatic heterocycles. The first kappa shape index (κ1) is 32.2. The average Bonchev–Trinajstić information content (AvgIpc) is 2.97. The van der Waals surface area contributed by atoms with E-state index in [2.05, 4.69) is 5.32 Å². The Balaban J connectivity index is 2.06. The number of nitrogens with zero attached hydrogens (tertiary/aromatic N) is 2. The number of nitrogens with one attached hydrogen (secondary N) is 1. The first-order valence-corrected chi connectivity index (χ1v) is 15.5. The predicted octanol–water partition coefficient (Wildman–Crippen LogP) is 5.92. The molecule has 2 atom stereocenters. The molecule has 0 fully saturated rings. The van der Waals surface area contributed by atoms with E-state index in [0.717, 1.165) is 4.31 Å². The van der Waals surface area contributed by atoms with Crippen LogP contribution in [-0.2, 0) is 26.2 Å². The van der Waals surface area contributed by atoms with Gasteiger partial charge in [0.05, 0.1) is 17.7 Å². The van der Waals surface area contributed by atoms with Crippen LogP contribution in [0.3, 0.4) is 0 Å². The summed E-state index contributed by atoms with van der Waals surface area (Å²) in [7, 11) is -2.73. The number of hydrogen-bond donors (Lipinski definition) is 1. The predicted molar refractivity (Wildman–Crippen MR) is 163 cm³/mol. The second-order valence-electron chi connectivity index (χ2n) is 9.52. The highest BCUT2D eigenvalue weighted by Gasteiger charge is 2.34. The molecule has 0 aliphatic heterocycles. The van der Waals surface area contributed by atoms with Crippen LogP contribution in [0.1, 0.15) is 39.2 Å². The molecule has 0 bridgehead atoms. The Labute approximate surface area is 252 Å². The summed E-state index contributed by atoms with van der Waals surface area (Å²) < 4.78 is 34.0. The van der Waals surface area contributed by atoms with Crippen LogP contribution in [0.4, 0.5) is 5.69 Å². The van der Waals surface area contributed by atoms with Crippen molar-refractivity contribution in [2.24, 2.45) is 0 Å². The van der Waals surface area contributed by atoms with Gasteiger partial charge >= 0.3 is 0 Å². The molecule has 3 aromatic rings. The standard InChI is InChI=1S/C30H35Cl2N3O5S/c1-5-21(3)33-30(37)28(6-2)34(19-22-9-7-8-10-27(22)32)29(36)20-35(24-13-11-23(31)12-14-24)41(38,39)26-17-15-25(40-4)16-18-26/h7-18,21,28H,5-6,19-20H2,1-4H3,(H,33,37). The molecule has 3 aromatic carbocycles. The van der Waals surface area contributed by atoms with Crippen molar-refractivity contribution in [2.75, 3.05) is 18.0 Å². The Hall–Kier alpha value is -3.27. The molecular formula is C30H35Cl2N3O5S. The van der Waals surface area contributed by atoms with Gasteiger partial charge in [-0.2, -0.15) is 0 Å². The Bertz CT molecular complexity index is 1430. The smallest absolute Gasteiger partial charge is 0.264 e. The number of anilines is 1. The Kier molecular flexibility index (Phi) is 11.5. The lowest BCUT2D eigenvalue weighted by atomic mass is 10.1. The number of hydrogen-bond acceptors (Lipinski definition) is 5. The van der Waals surface area contributed by atoms with Crippen molar-refractivity contribution in [2.45, 2.75) is 57.1 Å². The van der Waals surface area contributed by atoms with E-state index in [1.54, 1.807) is 43.3 Å². The number of benzene rings is 3. The fourth-order valence-electron chi connectivity index (χ4n) is 4.18. The van der Waals surface area contributed by atoms with Crippen molar-refractivity contribution >= 4 is 50.7 Å².